The van der Waals surface area contributed by atoms with Crippen molar-refractivity contribution in [2.24, 2.45) is 0 Å². The number of ketones is 1. The molecule has 1 aromatic carbocycles. The Kier molecular flexibility index (Phi) is 5.55. The molecule has 2 unspecified atom stereocenters. The summed E-state index contributed by atoms with van der Waals surface area (Å²) in [4.78, 5) is 23.5. The zero-order valence-corrected chi connectivity index (χ0v) is 12.4. The third kappa shape index (κ3) is 4.26. The Labute approximate surface area is 119 Å². The monoisotopic (exact) mass is 278 g/mol. The number of carbonyl (C=O) groups excluding carboxylic acids is 2. The fourth-order valence-electron chi connectivity index (χ4n) is 1.63. The number of nitrogens with two attached hydrogens (primary N) is 1. The highest BCUT2D eigenvalue weighted by Gasteiger charge is 2.18. The predicted molar refractivity (Wildman–Crippen MR) is 78.8 cm³/mol. The van der Waals surface area contributed by atoms with Crippen LogP contribution in [0.2, 0.25) is 0 Å². The second kappa shape index (κ2) is 6.93. The van der Waals surface area contributed by atoms with E-state index < -0.39 is 6.10 Å². The Balaban J connectivity index is 2.82. The molecule has 5 heteroatoms. The Bertz CT molecular complexity index is 500. The first-order chi connectivity index (χ1) is 9.35. The van der Waals surface area contributed by atoms with Gasteiger partial charge < -0.3 is 15.8 Å². The lowest BCUT2D eigenvalue weighted by Gasteiger charge is -2.19. The number of Topliss-reactive ketones (excluding diaryl/α,β-unsaturated/α-hetero) is 1. The quantitative estimate of drug-likeness (QED) is 0.617. The molecule has 1 amide bonds. The maximum absolute atomic E-state index is 11.9. The molecular formula is C15H22N2O3. The van der Waals surface area contributed by atoms with E-state index in [9.17, 15) is 9.59 Å². The highest BCUT2D eigenvalue weighted by Crippen LogP contribution is 2.23. The van der Waals surface area contributed by atoms with Crippen LogP contribution in [0.4, 0.5) is 5.69 Å². The first kappa shape index (κ1) is 16.0. The largest absolute Gasteiger partial charge is 0.480 e. The van der Waals surface area contributed by atoms with Gasteiger partial charge in [0, 0.05) is 11.7 Å². The molecule has 5 nitrogen and oxygen atoms in total. The van der Waals surface area contributed by atoms with Crippen molar-refractivity contribution >= 4 is 17.4 Å². The van der Waals surface area contributed by atoms with Crippen molar-refractivity contribution in [2.75, 3.05) is 5.73 Å². The number of ether oxygens (including phenoxy) is 1. The Morgan fingerprint density at radius 2 is 2.00 bits per heavy atom. The normalized spacial score (nSPS) is 13.4. The summed E-state index contributed by atoms with van der Waals surface area (Å²) in [6.07, 6.45) is 0.171. The van der Waals surface area contributed by atoms with Crippen LogP contribution in [0, 0.1) is 0 Å². The van der Waals surface area contributed by atoms with Gasteiger partial charge in [0.25, 0.3) is 5.91 Å². The molecule has 2 atom stereocenters. The van der Waals surface area contributed by atoms with Crippen LogP contribution in [-0.4, -0.2) is 23.8 Å². The van der Waals surface area contributed by atoms with Crippen molar-refractivity contribution < 1.29 is 14.3 Å². The van der Waals surface area contributed by atoms with Crippen molar-refractivity contribution in [3.05, 3.63) is 23.8 Å². The third-order valence-electron chi connectivity index (χ3n) is 3.06. The Morgan fingerprint density at radius 1 is 1.35 bits per heavy atom. The second-order valence-corrected chi connectivity index (χ2v) is 4.89. The zero-order chi connectivity index (χ0) is 15.3. The first-order valence-corrected chi connectivity index (χ1v) is 6.72. The summed E-state index contributed by atoms with van der Waals surface area (Å²) < 4.78 is 5.58. The summed E-state index contributed by atoms with van der Waals surface area (Å²) in [6.45, 7) is 7.00. The maximum atomic E-state index is 11.9. The standard InChI is InChI=1S/C15H22N2O3/c1-5-9(2)17-15(19)11(4)20-14-7-6-12(16)8-13(14)10(3)18/h6-9,11H,5,16H2,1-4H3,(H,17,19). The van der Waals surface area contributed by atoms with Crippen molar-refractivity contribution in [3.63, 3.8) is 0 Å². The molecule has 110 valence electrons. The molecule has 0 bridgehead atoms. The van der Waals surface area contributed by atoms with Crippen LogP contribution in [0.15, 0.2) is 18.2 Å². The molecule has 0 aliphatic heterocycles. The Hall–Kier alpha value is -2.04. The maximum Gasteiger partial charge on any atom is 0.260 e. The van der Waals surface area contributed by atoms with Gasteiger partial charge in [-0.15, -0.1) is 0 Å². The van der Waals surface area contributed by atoms with Gasteiger partial charge in [0.2, 0.25) is 0 Å². The minimum Gasteiger partial charge on any atom is -0.480 e. The van der Waals surface area contributed by atoms with Gasteiger partial charge in [0.15, 0.2) is 11.9 Å². The number of rotatable bonds is 6. The van der Waals surface area contributed by atoms with E-state index in [1.807, 2.05) is 13.8 Å². The van der Waals surface area contributed by atoms with E-state index in [2.05, 4.69) is 5.32 Å². The molecule has 1 rings (SSSR count). The second-order valence-electron chi connectivity index (χ2n) is 4.89. The van der Waals surface area contributed by atoms with Gasteiger partial charge >= 0.3 is 0 Å². The van der Waals surface area contributed by atoms with E-state index in [4.69, 9.17) is 10.5 Å². The van der Waals surface area contributed by atoms with Gasteiger partial charge in [-0.1, -0.05) is 6.92 Å². The summed E-state index contributed by atoms with van der Waals surface area (Å²) in [6, 6.07) is 4.89. The lowest BCUT2D eigenvalue weighted by Crippen LogP contribution is -2.41. The van der Waals surface area contributed by atoms with Crippen LogP contribution in [0.25, 0.3) is 0 Å². The van der Waals surface area contributed by atoms with E-state index in [1.165, 1.54) is 6.92 Å². The number of hydrogen-bond acceptors (Lipinski definition) is 4. The molecule has 0 spiro atoms. The van der Waals surface area contributed by atoms with Crippen molar-refractivity contribution in [1.29, 1.82) is 0 Å². The number of benzene rings is 1. The van der Waals surface area contributed by atoms with Gasteiger partial charge in [-0.2, -0.15) is 0 Å². The van der Waals surface area contributed by atoms with Crippen LogP contribution < -0.4 is 15.8 Å². The van der Waals surface area contributed by atoms with E-state index in [-0.39, 0.29) is 17.7 Å². The smallest absolute Gasteiger partial charge is 0.260 e. The van der Waals surface area contributed by atoms with Gasteiger partial charge in [0.05, 0.1) is 5.56 Å². The van der Waals surface area contributed by atoms with E-state index in [1.54, 1.807) is 25.1 Å². The first-order valence-electron chi connectivity index (χ1n) is 6.72. The number of nitrogen functional groups attached to an aromatic ring is 1. The van der Waals surface area contributed by atoms with Gasteiger partial charge in [-0.05, 0) is 45.4 Å². The summed E-state index contributed by atoms with van der Waals surface area (Å²) in [5.74, 6) is 0.0195. The van der Waals surface area contributed by atoms with Crippen LogP contribution in [-0.2, 0) is 4.79 Å². The molecule has 0 saturated carbocycles. The van der Waals surface area contributed by atoms with Gasteiger partial charge in [0.1, 0.15) is 5.75 Å². The predicted octanol–water partition coefficient (Wildman–Crippen LogP) is 2.15. The summed E-state index contributed by atoms with van der Waals surface area (Å²) in [5, 5.41) is 2.84. The summed E-state index contributed by atoms with van der Waals surface area (Å²) in [5.41, 5.74) is 6.52. The van der Waals surface area contributed by atoms with Crippen LogP contribution in [0.5, 0.6) is 5.75 Å². The number of anilines is 1. The number of carbonyl (C=O) groups is 2. The van der Waals surface area contributed by atoms with E-state index >= 15 is 0 Å². The average Bonchev–Trinajstić information content (AvgIpc) is 2.40. The highest BCUT2D eigenvalue weighted by molar-refractivity contribution is 5.97. The lowest BCUT2D eigenvalue weighted by molar-refractivity contribution is -0.127. The average molecular weight is 278 g/mol. The van der Waals surface area contributed by atoms with Crippen molar-refractivity contribution in [2.45, 2.75) is 46.3 Å². The molecule has 1 aromatic rings. The molecular weight excluding hydrogens is 256 g/mol. The fourth-order valence-corrected chi connectivity index (χ4v) is 1.63. The number of hydrogen-bond donors (Lipinski definition) is 2. The molecule has 0 heterocycles. The van der Waals surface area contributed by atoms with Crippen molar-refractivity contribution in [3.8, 4) is 5.75 Å². The van der Waals surface area contributed by atoms with E-state index in [0.29, 0.717) is 17.0 Å². The minimum atomic E-state index is -0.675. The van der Waals surface area contributed by atoms with Gasteiger partial charge in [-0.25, -0.2) is 0 Å². The fraction of sp³-hybridized carbons (Fsp3) is 0.467. The number of nitrogens with one attached hydrogen (secondary N) is 1. The molecule has 0 aromatic heterocycles. The van der Waals surface area contributed by atoms with Crippen LogP contribution in [0.3, 0.4) is 0 Å². The molecule has 0 fully saturated rings. The molecule has 3 N–H and O–H groups in total. The lowest BCUT2D eigenvalue weighted by atomic mass is 10.1. The van der Waals surface area contributed by atoms with Gasteiger partial charge in [-0.3, -0.25) is 9.59 Å². The minimum absolute atomic E-state index is 0.0900. The van der Waals surface area contributed by atoms with Crippen LogP contribution >= 0.6 is 0 Å². The number of amides is 1. The Morgan fingerprint density at radius 3 is 2.55 bits per heavy atom. The summed E-state index contributed by atoms with van der Waals surface area (Å²) in [7, 11) is 0. The molecule has 0 radical (unpaired) electrons. The zero-order valence-electron chi connectivity index (χ0n) is 12.4. The van der Waals surface area contributed by atoms with E-state index in [0.717, 1.165) is 6.42 Å². The van der Waals surface area contributed by atoms with Crippen LogP contribution in [0.1, 0.15) is 44.5 Å². The van der Waals surface area contributed by atoms with Crippen molar-refractivity contribution in [1.82, 2.24) is 5.32 Å². The molecule has 20 heavy (non-hydrogen) atoms. The molecule has 0 aliphatic rings. The topological polar surface area (TPSA) is 81.4 Å². The molecule has 0 aliphatic carbocycles. The summed E-state index contributed by atoms with van der Waals surface area (Å²) >= 11 is 0. The highest BCUT2D eigenvalue weighted by atomic mass is 16.5. The molecule has 0 saturated heterocycles. The third-order valence-corrected chi connectivity index (χ3v) is 3.06. The SMILES string of the molecule is CCC(C)NC(=O)C(C)Oc1ccc(N)cc1C(C)=O.